The van der Waals surface area contributed by atoms with Crippen LogP contribution in [0.4, 0.5) is 4.79 Å². The zero-order chi connectivity index (χ0) is 12.0. The first-order valence-corrected chi connectivity index (χ1v) is 5.12. The van der Waals surface area contributed by atoms with Crippen LogP contribution in [0.2, 0.25) is 0 Å². The Bertz CT molecular complexity index is 250. The molecule has 16 heavy (non-hydrogen) atoms. The number of rotatable bonds is 3. The molecule has 1 aliphatic heterocycles. The van der Waals surface area contributed by atoms with Crippen LogP contribution in [0.1, 0.15) is 6.42 Å². The fourth-order valence-corrected chi connectivity index (χ4v) is 1.33. The van der Waals surface area contributed by atoms with E-state index in [1.165, 1.54) is 0 Å². The standard InChI is InChI=1S/C9H16N2O5/c12-7(8(13)14)6-10-9(15)11-2-1-4-16-5-3-11/h7,12H,1-6H2,(H,10,15)(H,13,14). The summed E-state index contributed by atoms with van der Waals surface area (Å²) in [7, 11) is 0. The lowest BCUT2D eigenvalue weighted by atomic mass is 10.3. The number of nitrogens with one attached hydrogen (secondary N) is 1. The molecule has 1 aliphatic rings. The molecule has 0 radical (unpaired) electrons. The van der Waals surface area contributed by atoms with Gasteiger partial charge in [0.05, 0.1) is 13.2 Å². The highest BCUT2D eigenvalue weighted by Crippen LogP contribution is 1.99. The monoisotopic (exact) mass is 232 g/mol. The predicted octanol–water partition coefficient (Wildman–Crippen LogP) is -1.14. The Labute approximate surface area is 93.0 Å². The van der Waals surface area contributed by atoms with Crippen molar-refractivity contribution in [1.29, 1.82) is 0 Å². The minimum Gasteiger partial charge on any atom is -0.479 e. The summed E-state index contributed by atoms with van der Waals surface area (Å²) >= 11 is 0. The van der Waals surface area contributed by atoms with Crippen LogP contribution in [0.25, 0.3) is 0 Å². The third kappa shape index (κ3) is 4.03. The van der Waals surface area contributed by atoms with Crippen molar-refractivity contribution < 1.29 is 24.5 Å². The van der Waals surface area contributed by atoms with Crippen molar-refractivity contribution in [3.05, 3.63) is 0 Å². The zero-order valence-electron chi connectivity index (χ0n) is 8.89. The summed E-state index contributed by atoms with van der Waals surface area (Å²) in [6.45, 7) is 1.88. The number of urea groups is 1. The fourth-order valence-electron chi connectivity index (χ4n) is 1.33. The molecule has 0 spiro atoms. The van der Waals surface area contributed by atoms with Gasteiger partial charge in [0, 0.05) is 19.7 Å². The minimum absolute atomic E-state index is 0.286. The first-order chi connectivity index (χ1) is 7.61. The normalized spacial score (nSPS) is 18.7. The minimum atomic E-state index is -1.56. The molecule has 1 heterocycles. The van der Waals surface area contributed by atoms with Crippen LogP contribution >= 0.6 is 0 Å². The van der Waals surface area contributed by atoms with Crippen molar-refractivity contribution >= 4 is 12.0 Å². The molecule has 0 bridgehead atoms. The predicted molar refractivity (Wildman–Crippen MR) is 54.1 cm³/mol. The highest BCUT2D eigenvalue weighted by Gasteiger charge is 2.18. The smallest absolute Gasteiger partial charge is 0.334 e. The summed E-state index contributed by atoms with van der Waals surface area (Å²) in [6.07, 6.45) is -0.804. The third-order valence-corrected chi connectivity index (χ3v) is 2.24. The second-order valence-electron chi connectivity index (χ2n) is 3.49. The molecule has 0 aliphatic carbocycles. The van der Waals surface area contributed by atoms with E-state index < -0.39 is 12.1 Å². The molecule has 0 aromatic rings. The topological polar surface area (TPSA) is 99.1 Å². The average Bonchev–Trinajstić information content (AvgIpc) is 2.53. The Balaban J connectivity index is 2.30. The molecule has 0 aromatic carbocycles. The van der Waals surface area contributed by atoms with Crippen molar-refractivity contribution in [2.75, 3.05) is 32.8 Å². The Morgan fingerprint density at radius 2 is 2.12 bits per heavy atom. The Morgan fingerprint density at radius 1 is 1.38 bits per heavy atom. The number of hydrogen-bond donors (Lipinski definition) is 3. The molecule has 7 nitrogen and oxygen atoms in total. The van der Waals surface area contributed by atoms with E-state index in [1.807, 2.05) is 0 Å². The maximum absolute atomic E-state index is 11.5. The summed E-state index contributed by atoms with van der Waals surface area (Å²) in [5, 5.41) is 19.7. The van der Waals surface area contributed by atoms with Crippen molar-refractivity contribution in [2.45, 2.75) is 12.5 Å². The summed E-state index contributed by atoms with van der Waals surface area (Å²) in [5.74, 6) is -1.35. The van der Waals surface area contributed by atoms with Crippen molar-refractivity contribution in [1.82, 2.24) is 10.2 Å². The van der Waals surface area contributed by atoms with E-state index >= 15 is 0 Å². The van der Waals surface area contributed by atoms with E-state index in [0.29, 0.717) is 26.3 Å². The molecule has 7 heteroatoms. The molecule has 1 saturated heterocycles. The van der Waals surface area contributed by atoms with Crippen LogP contribution < -0.4 is 5.32 Å². The molecule has 0 saturated carbocycles. The van der Waals surface area contributed by atoms with E-state index in [9.17, 15) is 9.59 Å². The molecular weight excluding hydrogens is 216 g/mol. The van der Waals surface area contributed by atoms with E-state index in [2.05, 4.69) is 5.32 Å². The van der Waals surface area contributed by atoms with Crippen LogP contribution in [0, 0.1) is 0 Å². The lowest BCUT2D eigenvalue weighted by Gasteiger charge is -2.20. The van der Waals surface area contributed by atoms with Crippen LogP contribution in [0.15, 0.2) is 0 Å². The average molecular weight is 232 g/mol. The molecule has 1 rings (SSSR count). The van der Waals surface area contributed by atoms with Crippen molar-refractivity contribution in [3.8, 4) is 0 Å². The van der Waals surface area contributed by atoms with Gasteiger partial charge in [-0.15, -0.1) is 0 Å². The number of amides is 2. The van der Waals surface area contributed by atoms with E-state index in [0.717, 1.165) is 6.42 Å². The molecule has 1 unspecified atom stereocenters. The largest absolute Gasteiger partial charge is 0.479 e. The first kappa shape index (κ1) is 12.7. The number of nitrogens with zero attached hydrogens (tertiary/aromatic N) is 1. The van der Waals surface area contributed by atoms with Gasteiger partial charge >= 0.3 is 12.0 Å². The summed E-state index contributed by atoms with van der Waals surface area (Å²) in [4.78, 5) is 23.4. The number of aliphatic carboxylic acids is 1. The molecule has 0 aromatic heterocycles. The van der Waals surface area contributed by atoms with E-state index in [1.54, 1.807) is 4.90 Å². The molecule has 1 atom stereocenters. The third-order valence-electron chi connectivity index (χ3n) is 2.24. The number of ether oxygens (including phenoxy) is 1. The molecule has 92 valence electrons. The zero-order valence-corrected chi connectivity index (χ0v) is 8.89. The number of aliphatic hydroxyl groups excluding tert-OH is 1. The van der Waals surface area contributed by atoms with Gasteiger partial charge in [-0.3, -0.25) is 0 Å². The van der Waals surface area contributed by atoms with E-state index in [4.69, 9.17) is 14.9 Å². The van der Waals surface area contributed by atoms with Gasteiger partial charge < -0.3 is 25.2 Å². The van der Waals surface area contributed by atoms with Gasteiger partial charge in [0.25, 0.3) is 0 Å². The quantitative estimate of drug-likeness (QED) is 0.571. The Kier molecular flexibility index (Phi) is 5.00. The van der Waals surface area contributed by atoms with Gasteiger partial charge in [-0.1, -0.05) is 0 Å². The number of carbonyl (C=O) groups is 2. The lowest BCUT2D eigenvalue weighted by Crippen LogP contribution is -2.45. The maximum atomic E-state index is 11.5. The SMILES string of the molecule is O=C(O)C(O)CNC(=O)N1CCCOCC1. The number of aliphatic hydroxyl groups is 1. The second kappa shape index (κ2) is 6.29. The maximum Gasteiger partial charge on any atom is 0.334 e. The van der Waals surface area contributed by atoms with Crippen LogP contribution in [0.5, 0.6) is 0 Å². The Morgan fingerprint density at radius 3 is 2.81 bits per heavy atom. The van der Waals surface area contributed by atoms with Gasteiger partial charge in [0.1, 0.15) is 0 Å². The molecule has 3 N–H and O–H groups in total. The van der Waals surface area contributed by atoms with Crippen molar-refractivity contribution in [3.63, 3.8) is 0 Å². The van der Waals surface area contributed by atoms with Crippen molar-refractivity contribution in [2.24, 2.45) is 0 Å². The molecule has 2 amide bonds. The summed E-state index contributed by atoms with van der Waals surface area (Å²) < 4.78 is 5.17. The molecular formula is C9H16N2O5. The van der Waals surface area contributed by atoms with E-state index in [-0.39, 0.29) is 12.6 Å². The molecule has 1 fully saturated rings. The van der Waals surface area contributed by atoms with Gasteiger partial charge in [-0.2, -0.15) is 0 Å². The number of carboxylic acid groups (broad SMARTS) is 1. The van der Waals surface area contributed by atoms with Gasteiger partial charge in [0.2, 0.25) is 0 Å². The van der Waals surface area contributed by atoms with Gasteiger partial charge in [-0.05, 0) is 6.42 Å². The highest BCUT2D eigenvalue weighted by molar-refractivity contribution is 5.76. The second-order valence-corrected chi connectivity index (χ2v) is 3.49. The number of carbonyl (C=O) groups excluding carboxylic acids is 1. The lowest BCUT2D eigenvalue weighted by molar-refractivity contribution is -0.146. The van der Waals surface area contributed by atoms with Gasteiger partial charge in [0.15, 0.2) is 6.10 Å². The van der Waals surface area contributed by atoms with Gasteiger partial charge in [-0.25, -0.2) is 9.59 Å². The fraction of sp³-hybridized carbons (Fsp3) is 0.778. The van der Waals surface area contributed by atoms with Crippen LogP contribution in [-0.2, 0) is 9.53 Å². The first-order valence-electron chi connectivity index (χ1n) is 5.12. The Hall–Kier alpha value is -1.34. The summed E-state index contributed by atoms with van der Waals surface area (Å²) in [6, 6.07) is -0.370. The number of hydrogen-bond acceptors (Lipinski definition) is 4. The van der Waals surface area contributed by atoms with Crippen LogP contribution in [-0.4, -0.2) is 66.1 Å². The summed E-state index contributed by atoms with van der Waals surface area (Å²) in [5.41, 5.74) is 0. The van der Waals surface area contributed by atoms with Crippen LogP contribution in [0.3, 0.4) is 0 Å². The number of carboxylic acids is 1. The highest BCUT2D eigenvalue weighted by atomic mass is 16.5.